The quantitative estimate of drug-likeness (QED) is 0.223. The summed E-state index contributed by atoms with van der Waals surface area (Å²) in [6.07, 6.45) is -3.54. The van der Waals surface area contributed by atoms with Crippen molar-refractivity contribution < 1.29 is 22.6 Å². The van der Waals surface area contributed by atoms with Crippen LogP contribution in [-0.2, 0) is 17.5 Å². The van der Waals surface area contributed by atoms with E-state index in [1.54, 1.807) is 14.2 Å². The van der Waals surface area contributed by atoms with Gasteiger partial charge in [0.2, 0.25) is 0 Å². The zero-order valence-electron chi connectivity index (χ0n) is 16.3. The van der Waals surface area contributed by atoms with Crippen LogP contribution < -0.4 is 15.4 Å². The topological polar surface area (TPSA) is 54.9 Å². The van der Waals surface area contributed by atoms with Crippen LogP contribution in [0, 0.1) is 0 Å². The molecule has 0 aliphatic heterocycles. The number of benzene rings is 2. The van der Waals surface area contributed by atoms with Gasteiger partial charge in [-0.2, -0.15) is 13.2 Å². The molecule has 2 N–H and O–H groups in total. The van der Waals surface area contributed by atoms with Gasteiger partial charge in [-0.25, -0.2) is 0 Å². The van der Waals surface area contributed by atoms with Gasteiger partial charge in [-0.15, -0.1) is 24.0 Å². The molecular formula is C20H25F3IN3O2. The lowest BCUT2D eigenvalue weighted by Crippen LogP contribution is -2.30. The number of nitrogens with one attached hydrogen (secondary N) is 2. The van der Waals surface area contributed by atoms with Crippen molar-refractivity contribution in [1.82, 2.24) is 5.32 Å². The lowest BCUT2D eigenvalue weighted by Gasteiger charge is -2.14. The molecule has 0 unspecified atom stereocenters. The van der Waals surface area contributed by atoms with Crippen LogP contribution in [0.15, 0.2) is 53.5 Å². The van der Waals surface area contributed by atoms with Gasteiger partial charge in [-0.05, 0) is 29.8 Å². The van der Waals surface area contributed by atoms with Gasteiger partial charge in [0.1, 0.15) is 5.75 Å². The highest BCUT2D eigenvalue weighted by atomic mass is 127. The number of guanidine groups is 1. The molecular weight excluding hydrogens is 498 g/mol. The third kappa shape index (κ3) is 8.90. The number of hydrogen-bond acceptors (Lipinski definition) is 3. The van der Waals surface area contributed by atoms with E-state index in [1.807, 2.05) is 24.3 Å². The zero-order valence-corrected chi connectivity index (χ0v) is 18.6. The summed E-state index contributed by atoms with van der Waals surface area (Å²) in [5.74, 6) is 1.22. The van der Waals surface area contributed by atoms with Crippen LogP contribution in [-0.4, -0.2) is 33.3 Å². The molecule has 2 aromatic rings. The number of ether oxygens (including phenoxy) is 2. The predicted molar refractivity (Wildman–Crippen MR) is 119 cm³/mol. The first-order chi connectivity index (χ1) is 13.4. The first kappa shape index (κ1) is 25.0. The highest BCUT2D eigenvalue weighted by Crippen LogP contribution is 2.29. The summed E-state index contributed by atoms with van der Waals surface area (Å²) in [5.41, 5.74) is 0.831. The van der Waals surface area contributed by atoms with Gasteiger partial charge in [0, 0.05) is 45.5 Å². The second-order valence-electron chi connectivity index (χ2n) is 5.97. The standard InChI is InChI=1S/C20H24F3N3O2.HI/c1-24-19(25-14-15-7-9-16(10-8-15)20(21,22)23)26-17-5-3-6-18(13-17)28-12-4-11-27-2;/h3,5-10,13H,4,11-12,14H2,1-2H3,(H2,24,25,26);1H. The largest absolute Gasteiger partial charge is 0.493 e. The second kappa shape index (κ2) is 12.5. The summed E-state index contributed by atoms with van der Waals surface area (Å²) < 4.78 is 48.5. The third-order valence-electron chi connectivity index (χ3n) is 3.82. The Balaban J connectivity index is 0.00000420. The Morgan fingerprint density at radius 1 is 1.07 bits per heavy atom. The molecule has 0 aromatic heterocycles. The lowest BCUT2D eigenvalue weighted by atomic mass is 10.1. The Labute approximate surface area is 185 Å². The zero-order chi connectivity index (χ0) is 20.4. The number of methoxy groups -OCH3 is 1. The summed E-state index contributed by atoms with van der Waals surface area (Å²) in [6.45, 7) is 1.53. The molecule has 0 saturated heterocycles. The van der Waals surface area contributed by atoms with Crippen LogP contribution in [0.4, 0.5) is 18.9 Å². The Morgan fingerprint density at radius 3 is 2.41 bits per heavy atom. The van der Waals surface area contributed by atoms with E-state index in [1.165, 1.54) is 12.1 Å². The maximum absolute atomic E-state index is 12.6. The lowest BCUT2D eigenvalue weighted by molar-refractivity contribution is -0.137. The van der Waals surface area contributed by atoms with Crippen LogP contribution >= 0.6 is 24.0 Å². The van der Waals surface area contributed by atoms with Crippen molar-refractivity contribution in [3.8, 4) is 5.75 Å². The van der Waals surface area contributed by atoms with E-state index < -0.39 is 11.7 Å². The van der Waals surface area contributed by atoms with Crippen LogP contribution in [0.3, 0.4) is 0 Å². The normalized spacial score (nSPS) is 11.6. The van der Waals surface area contributed by atoms with Crippen molar-refractivity contribution in [2.75, 3.05) is 32.7 Å². The fraction of sp³-hybridized carbons (Fsp3) is 0.350. The molecule has 160 valence electrons. The molecule has 0 heterocycles. The Hall–Kier alpha value is -2.01. The minimum Gasteiger partial charge on any atom is -0.493 e. The second-order valence-corrected chi connectivity index (χ2v) is 5.97. The van der Waals surface area contributed by atoms with Crippen LogP contribution in [0.25, 0.3) is 0 Å². The molecule has 2 rings (SSSR count). The molecule has 0 aliphatic carbocycles. The summed E-state index contributed by atoms with van der Waals surface area (Å²) in [5, 5.41) is 6.20. The van der Waals surface area contributed by atoms with Gasteiger partial charge in [-0.3, -0.25) is 4.99 Å². The van der Waals surface area contributed by atoms with E-state index in [0.717, 1.165) is 30.0 Å². The number of hydrogen-bond donors (Lipinski definition) is 2. The molecule has 0 spiro atoms. The summed E-state index contributed by atoms with van der Waals surface area (Å²) in [4.78, 5) is 4.13. The van der Waals surface area contributed by atoms with Gasteiger partial charge >= 0.3 is 6.18 Å². The number of aliphatic imine (C=N–C) groups is 1. The van der Waals surface area contributed by atoms with E-state index in [4.69, 9.17) is 9.47 Å². The van der Waals surface area contributed by atoms with Crippen LogP contribution in [0.5, 0.6) is 5.75 Å². The Kier molecular flexibility index (Phi) is 10.8. The minimum absolute atomic E-state index is 0. The van der Waals surface area contributed by atoms with E-state index in [-0.39, 0.29) is 24.0 Å². The predicted octanol–water partition coefficient (Wildman–Crippen LogP) is 4.93. The molecule has 0 fully saturated rings. The first-order valence-corrected chi connectivity index (χ1v) is 8.78. The molecule has 0 saturated carbocycles. The summed E-state index contributed by atoms with van der Waals surface area (Å²) in [7, 11) is 3.26. The highest BCUT2D eigenvalue weighted by molar-refractivity contribution is 14.0. The Morgan fingerprint density at radius 2 is 1.79 bits per heavy atom. The fourth-order valence-corrected chi connectivity index (χ4v) is 2.37. The molecule has 2 aromatic carbocycles. The fourth-order valence-electron chi connectivity index (χ4n) is 2.37. The smallest absolute Gasteiger partial charge is 0.416 e. The van der Waals surface area contributed by atoms with Crippen molar-refractivity contribution in [1.29, 1.82) is 0 Å². The van der Waals surface area contributed by atoms with E-state index in [2.05, 4.69) is 15.6 Å². The minimum atomic E-state index is -4.33. The van der Waals surface area contributed by atoms with Crippen molar-refractivity contribution in [2.24, 2.45) is 4.99 Å². The Bertz CT molecular complexity index is 768. The third-order valence-corrected chi connectivity index (χ3v) is 3.82. The van der Waals surface area contributed by atoms with Gasteiger partial charge in [-0.1, -0.05) is 18.2 Å². The van der Waals surface area contributed by atoms with Crippen molar-refractivity contribution in [3.63, 3.8) is 0 Å². The maximum Gasteiger partial charge on any atom is 0.416 e. The molecule has 0 bridgehead atoms. The molecule has 0 aliphatic rings. The maximum atomic E-state index is 12.6. The molecule has 0 amide bonds. The molecule has 0 atom stereocenters. The van der Waals surface area contributed by atoms with Gasteiger partial charge in [0.05, 0.1) is 12.2 Å². The van der Waals surface area contributed by atoms with Crippen molar-refractivity contribution in [2.45, 2.75) is 19.1 Å². The van der Waals surface area contributed by atoms with E-state index in [0.29, 0.717) is 31.3 Å². The monoisotopic (exact) mass is 523 g/mol. The van der Waals surface area contributed by atoms with Gasteiger partial charge in [0.15, 0.2) is 5.96 Å². The van der Waals surface area contributed by atoms with Gasteiger partial charge < -0.3 is 20.1 Å². The molecule has 29 heavy (non-hydrogen) atoms. The number of anilines is 1. The first-order valence-electron chi connectivity index (χ1n) is 8.78. The number of alkyl halides is 3. The van der Waals surface area contributed by atoms with Crippen molar-refractivity contribution >= 4 is 35.6 Å². The average molecular weight is 523 g/mol. The van der Waals surface area contributed by atoms with E-state index >= 15 is 0 Å². The van der Waals surface area contributed by atoms with Crippen LogP contribution in [0.1, 0.15) is 17.5 Å². The van der Waals surface area contributed by atoms with Gasteiger partial charge in [0.25, 0.3) is 0 Å². The SMILES string of the molecule is CN=C(NCc1ccc(C(F)(F)F)cc1)Nc1cccc(OCCCOC)c1.I. The highest BCUT2D eigenvalue weighted by Gasteiger charge is 2.29. The van der Waals surface area contributed by atoms with Crippen LogP contribution in [0.2, 0.25) is 0 Å². The van der Waals surface area contributed by atoms with Crippen molar-refractivity contribution in [3.05, 3.63) is 59.7 Å². The average Bonchev–Trinajstić information content (AvgIpc) is 2.68. The number of halogens is 4. The number of nitrogens with zero attached hydrogens (tertiary/aromatic N) is 1. The summed E-state index contributed by atoms with van der Waals surface area (Å²) >= 11 is 0. The summed E-state index contributed by atoms with van der Waals surface area (Å²) in [6, 6.07) is 12.4. The number of rotatable bonds is 8. The molecule has 0 radical (unpaired) electrons. The van der Waals surface area contributed by atoms with E-state index in [9.17, 15) is 13.2 Å². The molecule has 5 nitrogen and oxygen atoms in total. The molecule has 9 heteroatoms.